The molecule has 1 heterocycles. The number of ketones is 1. The molecule has 0 aliphatic carbocycles. The van der Waals surface area contributed by atoms with Crippen LogP contribution in [0, 0.1) is 0 Å². The van der Waals surface area contributed by atoms with E-state index < -0.39 is 12.9 Å². The van der Waals surface area contributed by atoms with Gasteiger partial charge in [-0.05, 0) is 62.4 Å². The first-order valence-electron chi connectivity index (χ1n) is 10.9. The molecular weight excluding hydrogens is 527 g/mol. The van der Waals surface area contributed by atoms with Gasteiger partial charge in [-0.15, -0.1) is 11.3 Å². The van der Waals surface area contributed by atoms with Crippen LogP contribution in [0.25, 0.3) is 0 Å². The average molecular weight is 553 g/mol. The lowest BCUT2D eigenvalue weighted by atomic mass is 10.3. The van der Waals surface area contributed by atoms with Crippen LogP contribution in [0.5, 0.6) is 0 Å². The molecule has 0 N–H and O–H groups in total. The van der Waals surface area contributed by atoms with E-state index in [1.165, 1.54) is 11.3 Å². The summed E-state index contributed by atoms with van der Waals surface area (Å²) >= 11 is 1.39. The topological polar surface area (TPSA) is 43.4 Å². The first kappa shape index (κ1) is 26.0. The van der Waals surface area contributed by atoms with Gasteiger partial charge in [0.2, 0.25) is 5.66 Å². The zero-order valence-corrected chi connectivity index (χ0v) is 22.4. The molecule has 3 nitrogen and oxygen atoms in total. The normalized spacial score (nSPS) is 11.8. The van der Waals surface area contributed by atoms with Gasteiger partial charge in [0.25, 0.3) is 0 Å². The number of Topliss-reactive ketones (excluding diaryl/α,β-unsaturated/α-hetero) is 1. The van der Waals surface area contributed by atoms with E-state index in [-0.39, 0.29) is 28.7 Å². The van der Waals surface area contributed by atoms with E-state index in [1.54, 1.807) is 6.92 Å². The maximum atomic E-state index is 13.8. The minimum atomic E-state index is -2.56. The third kappa shape index (κ3) is 4.93. The number of hydrogen-bond acceptors (Lipinski definition) is 4. The highest BCUT2D eigenvalue weighted by Gasteiger charge is 2.57. The second-order valence-corrected chi connectivity index (χ2v) is 12.3. The molecule has 0 amide bonds. The molecule has 1 unspecified atom stereocenters. The number of carbonyl (C=O) groups excluding carboxylic acids is 2. The van der Waals surface area contributed by atoms with Crippen molar-refractivity contribution < 1.29 is 31.3 Å². The molecule has 0 bridgehead atoms. The number of halogens is 1. The number of thiophene rings is 1. The van der Waals surface area contributed by atoms with Crippen molar-refractivity contribution >= 4 is 46.3 Å². The molecule has 0 saturated carbocycles. The lowest BCUT2D eigenvalue weighted by Crippen LogP contribution is -3.00. The third-order valence-corrected chi connectivity index (χ3v) is 11.7. The molecule has 0 radical (unpaired) electrons. The van der Waals surface area contributed by atoms with E-state index in [0.717, 1.165) is 20.8 Å². The van der Waals surface area contributed by atoms with Gasteiger partial charge in [0.05, 0.1) is 16.4 Å². The largest absolute Gasteiger partial charge is 1.00 e. The second-order valence-electron chi connectivity index (χ2n) is 7.64. The van der Waals surface area contributed by atoms with E-state index in [9.17, 15) is 9.59 Å². The summed E-state index contributed by atoms with van der Waals surface area (Å²) in [6, 6.07) is 34.5. The summed E-state index contributed by atoms with van der Waals surface area (Å²) in [5, 5.41) is 3.29. The summed E-state index contributed by atoms with van der Waals surface area (Å²) in [4.78, 5) is 27.5. The van der Waals surface area contributed by atoms with Crippen molar-refractivity contribution in [2.75, 3.05) is 6.61 Å². The fourth-order valence-corrected chi connectivity index (χ4v) is 10.3. The zero-order chi connectivity index (χ0) is 23.3. The Hall–Kier alpha value is -2.59. The molecule has 4 rings (SSSR count). The van der Waals surface area contributed by atoms with Crippen LogP contribution in [0.15, 0.2) is 103 Å². The van der Waals surface area contributed by atoms with Crippen molar-refractivity contribution in [1.82, 2.24) is 0 Å². The van der Waals surface area contributed by atoms with Crippen LogP contribution in [-0.4, -0.2) is 18.4 Å². The number of benzene rings is 3. The van der Waals surface area contributed by atoms with E-state index in [4.69, 9.17) is 4.74 Å². The summed E-state index contributed by atoms with van der Waals surface area (Å²) in [6.07, 6.45) is 0. The van der Waals surface area contributed by atoms with Crippen molar-refractivity contribution in [3.05, 3.63) is 113 Å². The van der Waals surface area contributed by atoms with E-state index in [0.29, 0.717) is 11.5 Å². The Morgan fingerprint density at radius 1 is 0.765 bits per heavy atom. The SMILES string of the molecule is CCOC(=O)C(c1ccc(C(C)=O)s1)[P+](c1ccccc1)(c1ccccc1)c1ccccc1.[Br-]. The van der Waals surface area contributed by atoms with Crippen molar-refractivity contribution in [1.29, 1.82) is 0 Å². The fraction of sp³-hybridized carbons (Fsp3) is 0.143. The third-order valence-electron chi connectivity index (χ3n) is 5.63. The van der Waals surface area contributed by atoms with Crippen LogP contribution in [0.1, 0.15) is 34.1 Å². The van der Waals surface area contributed by atoms with Gasteiger partial charge in [-0.1, -0.05) is 54.6 Å². The monoisotopic (exact) mass is 552 g/mol. The van der Waals surface area contributed by atoms with Crippen molar-refractivity contribution in [3.8, 4) is 0 Å². The van der Waals surface area contributed by atoms with Gasteiger partial charge >= 0.3 is 5.97 Å². The first-order chi connectivity index (χ1) is 16.1. The molecule has 3 aromatic carbocycles. The second kappa shape index (κ2) is 11.7. The lowest BCUT2D eigenvalue weighted by Gasteiger charge is -2.33. The van der Waals surface area contributed by atoms with Crippen LogP contribution in [-0.2, 0) is 9.53 Å². The summed E-state index contributed by atoms with van der Waals surface area (Å²) in [5.74, 6) is -0.267. The predicted octanol–water partition coefficient (Wildman–Crippen LogP) is 2.55. The Bertz CT molecular complexity index is 1130. The Balaban J connectivity index is 0.00000324. The molecule has 0 spiro atoms. The summed E-state index contributed by atoms with van der Waals surface area (Å²) < 4.78 is 5.71. The average Bonchev–Trinajstić information content (AvgIpc) is 3.34. The number of esters is 1. The summed E-state index contributed by atoms with van der Waals surface area (Å²) in [5.41, 5.74) is -0.567. The Labute approximate surface area is 215 Å². The van der Waals surface area contributed by atoms with Gasteiger partial charge in [-0.2, -0.15) is 0 Å². The van der Waals surface area contributed by atoms with Crippen LogP contribution in [0.4, 0.5) is 0 Å². The Kier molecular flexibility index (Phi) is 8.96. The molecule has 0 fully saturated rings. The van der Waals surface area contributed by atoms with Crippen LogP contribution < -0.4 is 32.9 Å². The van der Waals surface area contributed by atoms with Gasteiger partial charge in [-0.3, -0.25) is 4.79 Å². The molecule has 1 atom stereocenters. The predicted molar refractivity (Wildman–Crippen MR) is 139 cm³/mol. The smallest absolute Gasteiger partial charge is 0.353 e. The maximum absolute atomic E-state index is 13.8. The number of ether oxygens (including phenoxy) is 1. The summed E-state index contributed by atoms with van der Waals surface area (Å²) in [7, 11) is -2.56. The minimum absolute atomic E-state index is 0. The molecule has 0 aliphatic heterocycles. The zero-order valence-electron chi connectivity index (χ0n) is 19.1. The van der Waals surface area contributed by atoms with Crippen LogP contribution in [0.2, 0.25) is 0 Å². The molecule has 0 saturated heterocycles. The van der Waals surface area contributed by atoms with Gasteiger partial charge in [-0.25, -0.2) is 4.79 Å². The van der Waals surface area contributed by atoms with Gasteiger partial charge in [0.1, 0.15) is 23.2 Å². The molecule has 1 aromatic heterocycles. The van der Waals surface area contributed by atoms with E-state index in [2.05, 4.69) is 36.4 Å². The molecular formula is C28H26BrO3PS. The fourth-order valence-electron chi connectivity index (χ4n) is 4.26. The number of carbonyl (C=O) groups is 2. The molecule has 34 heavy (non-hydrogen) atoms. The lowest BCUT2D eigenvalue weighted by molar-refractivity contribution is -0.142. The quantitative estimate of drug-likeness (QED) is 0.192. The molecule has 4 aromatic rings. The summed E-state index contributed by atoms with van der Waals surface area (Å²) in [6.45, 7) is 3.68. The molecule has 0 aliphatic rings. The highest BCUT2D eigenvalue weighted by Crippen LogP contribution is 2.67. The van der Waals surface area contributed by atoms with Gasteiger partial charge in [0, 0.05) is 0 Å². The highest BCUT2D eigenvalue weighted by atomic mass is 79.9. The molecule has 6 heteroatoms. The molecule has 174 valence electrons. The highest BCUT2D eigenvalue weighted by molar-refractivity contribution is 7.96. The van der Waals surface area contributed by atoms with Crippen molar-refractivity contribution in [2.45, 2.75) is 19.5 Å². The van der Waals surface area contributed by atoms with Crippen LogP contribution in [0.3, 0.4) is 0 Å². The first-order valence-corrected chi connectivity index (χ1v) is 13.6. The van der Waals surface area contributed by atoms with Gasteiger partial charge < -0.3 is 21.7 Å². The van der Waals surface area contributed by atoms with E-state index in [1.807, 2.05) is 73.7 Å². The minimum Gasteiger partial charge on any atom is -1.00 e. The maximum Gasteiger partial charge on any atom is 0.353 e. The number of hydrogen-bond donors (Lipinski definition) is 0. The van der Waals surface area contributed by atoms with E-state index >= 15 is 0 Å². The number of rotatable bonds is 8. The Morgan fingerprint density at radius 3 is 1.56 bits per heavy atom. The Morgan fingerprint density at radius 2 is 1.21 bits per heavy atom. The standard InChI is InChI=1S/C28H26O3PS.BrH/c1-3-31-28(30)27(26-20-19-25(33-26)21(2)29)32(22-13-7-4-8-14-22,23-15-9-5-10-16-23)24-17-11-6-12-18-24;/h4-20,27H,3H2,1-2H3;1H/q+1;/p-1. The van der Waals surface area contributed by atoms with Gasteiger partial charge in [0.15, 0.2) is 5.78 Å². The van der Waals surface area contributed by atoms with Crippen molar-refractivity contribution in [3.63, 3.8) is 0 Å². The van der Waals surface area contributed by atoms with Crippen LogP contribution >= 0.6 is 18.6 Å². The van der Waals surface area contributed by atoms with Crippen molar-refractivity contribution in [2.24, 2.45) is 0 Å².